The Bertz CT molecular complexity index is 466. The van der Waals surface area contributed by atoms with Crippen LogP contribution in [0.4, 0.5) is 5.82 Å². The van der Waals surface area contributed by atoms with Crippen molar-refractivity contribution in [3.63, 3.8) is 0 Å². The third kappa shape index (κ3) is 2.93. The van der Waals surface area contributed by atoms with Crippen LogP contribution < -0.4 is 16.0 Å². The van der Waals surface area contributed by atoms with Crippen molar-refractivity contribution >= 4 is 15.8 Å². The van der Waals surface area contributed by atoms with E-state index in [0.29, 0.717) is 5.82 Å². The molecule has 1 aliphatic rings. The normalized spacial score (nSPS) is 17.2. The monoisotopic (exact) mass is 256 g/mol. The lowest BCUT2D eigenvalue weighted by Gasteiger charge is -2.12. The molecule has 1 aromatic rings. The zero-order valence-electron chi connectivity index (χ0n) is 9.39. The molecular weight excluding hydrogens is 240 g/mol. The van der Waals surface area contributed by atoms with Crippen LogP contribution in [0.1, 0.15) is 25.7 Å². The Balaban J connectivity index is 2.12. The molecule has 1 saturated carbocycles. The fourth-order valence-corrected chi connectivity index (χ4v) is 3.21. The second-order valence-corrected chi connectivity index (χ2v) is 5.84. The molecule has 0 aromatic carbocycles. The van der Waals surface area contributed by atoms with E-state index in [-0.39, 0.29) is 10.9 Å². The Kier molecular flexibility index (Phi) is 3.60. The minimum absolute atomic E-state index is 0.0623. The Hall–Kier alpha value is -1.18. The summed E-state index contributed by atoms with van der Waals surface area (Å²) in [5.74, 6) is 5.60. The Morgan fingerprint density at radius 2 is 2.00 bits per heavy atom. The van der Waals surface area contributed by atoms with E-state index < -0.39 is 10.0 Å². The van der Waals surface area contributed by atoms with Crippen LogP contribution in [-0.2, 0) is 10.0 Å². The molecule has 0 atom stereocenters. The van der Waals surface area contributed by atoms with E-state index in [2.05, 4.69) is 15.1 Å². The number of nitrogens with zero attached hydrogens (tertiary/aromatic N) is 1. The minimum atomic E-state index is -3.45. The molecule has 1 fully saturated rings. The predicted octanol–water partition coefficient (Wildman–Crippen LogP) is 0.588. The third-order valence-electron chi connectivity index (χ3n) is 2.87. The molecule has 0 saturated heterocycles. The number of aromatic nitrogens is 1. The number of sulfonamides is 1. The lowest BCUT2D eigenvalue weighted by Crippen LogP contribution is -2.32. The summed E-state index contributed by atoms with van der Waals surface area (Å²) < 4.78 is 26.7. The van der Waals surface area contributed by atoms with Crippen LogP contribution in [0.5, 0.6) is 0 Å². The highest BCUT2D eigenvalue weighted by Crippen LogP contribution is 2.20. The van der Waals surface area contributed by atoms with Gasteiger partial charge >= 0.3 is 0 Å². The maximum atomic E-state index is 12.0. The smallest absolute Gasteiger partial charge is 0.242 e. The first-order valence-electron chi connectivity index (χ1n) is 5.57. The molecule has 2 rings (SSSR count). The molecule has 1 aromatic heterocycles. The van der Waals surface area contributed by atoms with Crippen molar-refractivity contribution < 1.29 is 8.42 Å². The van der Waals surface area contributed by atoms with Crippen LogP contribution in [0.25, 0.3) is 0 Å². The molecule has 1 aliphatic carbocycles. The van der Waals surface area contributed by atoms with Gasteiger partial charge in [0.15, 0.2) is 0 Å². The fourth-order valence-electron chi connectivity index (χ4n) is 1.96. The second-order valence-electron chi connectivity index (χ2n) is 4.13. The van der Waals surface area contributed by atoms with Gasteiger partial charge in [-0.15, -0.1) is 0 Å². The van der Waals surface area contributed by atoms with Crippen LogP contribution in [0.15, 0.2) is 23.2 Å². The molecular formula is C10H16N4O2S. The molecule has 4 N–H and O–H groups in total. The first-order chi connectivity index (χ1) is 8.12. The fraction of sp³-hybridized carbons (Fsp3) is 0.500. The van der Waals surface area contributed by atoms with Crippen molar-refractivity contribution in [2.45, 2.75) is 36.6 Å². The van der Waals surface area contributed by atoms with E-state index in [1.807, 2.05) is 0 Å². The average Bonchev–Trinajstić information content (AvgIpc) is 2.81. The highest BCUT2D eigenvalue weighted by atomic mass is 32.2. The van der Waals surface area contributed by atoms with Gasteiger partial charge in [0.25, 0.3) is 0 Å². The van der Waals surface area contributed by atoms with Crippen LogP contribution in [0, 0.1) is 0 Å². The number of hydrazine groups is 1. The molecule has 17 heavy (non-hydrogen) atoms. The van der Waals surface area contributed by atoms with Gasteiger partial charge in [0.2, 0.25) is 10.0 Å². The number of nitrogens with one attached hydrogen (secondary N) is 2. The molecule has 1 heterocycles. The minimum Gasteiger partial charge on any atom is -0.308 e. The summed E-state index contributed by atoms with van der Waals surface area (Å²) in [6.07, 6.45) is 5.29. The summed E-state index contributed by atoms with van der Waals surface area (Å²) in [6.45, 7) is 0. The van der Waals surface area contributed by atoms with Gasteiger partial charge in [-0.05, 0) is 25.0 Å². The summed E-state index contributed by atoms with van der Waals surface area (Å²) in [5, 5.41) is 0. The third-order valence-corrected chi connectivity index (χ3v) is 4.38. The van der Waals surface area contributed by atoms with Crippen molar-refractivity contribution in [3.8, 4) is 0 Å². The Morgan fingerprint density at radius 3 is 2.53 bits per heavy atom. The maximum Gasteiger partial charge on any atom is 0.242 e. The largest absolute Gasteiger partial charge is 0.308 e. The van der Waals surface area contributed by atoms with Gasteiger partial charge in [0.05, 0.1) is 0 Å². The number of pyridine rings is 1. The Morgan fingerprint density at radius 1 is 1.29 bits per heavy atom. The van der Waals surface area contributed by atoms with Gasteiger partial charge < -0.3 is 5.43 Å². The first-order valence-corrected chi connectivity index (χ1v) is 7.05. The van der Waals surface area contributed by atoms with Crippen molar-refractivity contribution in [3.05, 3.63) is 18.3 Å². The highest BCUT2D eigenvalue weighted by molar-refractivity contribution is 7.89. The van der Waals surface area contributed by atoms with Gasteiger partial charge in [-0.3, -0.25) is 0 Å². The number of hydrogen-bond acceptors (Lipinski definition) is 5. The van der Waals surface area contributed by atoms with Gasteiger partial charge in [0, 0.05) is 12.2 Å². The lowest BCUT2D eigenvalue weighted by molar-refractivity contribution is 0.552. The summed E-state index contributed by atoms with van der Waals surface area (Å²) in [6, 6.07) is 3.08. The van der Waals surface area contributed by atoms with Crippen LogP contribution in [0.2, 0.25) is 0 Å². The molecule has 7 heteroatoms. The van der Waals surface area contributed by atoms with E-state index in [1.165, 1.54) is 18.3 Å². The van der Waals surface area contributed by atoms with Gasteiger partial charge in [-0.1, -0.05) is 12.8 Å². The quantitative estimate of drug-likeness (QED) is 0.541. The van der Waals surface area contributed by atoms with E-state index >= 15 is 0 Å². The van der Waals surface area contributed by atoms with Crippen molar-refractivity contribution in [1.29, 1.82) is 0 Å². The number of hydrogen-bond donors (Lipinski definition) is 3. The molecule has 0 unspecified atom stereocenters. The summed E-state index contributed by atoms with van der Waals surface area (Å²) in [7, 11) is -3.45. The first kappa shape index (κ1) is 12.3. The molecule has 94 valence electrons. The highest BCUT2D eigenvalue weighted by Gasteiger charge is 2.22. The maximum absolute atomic E-state index is 12.0. The lowest BCUT2D eigenvalue weighted by atomic mass is 10.3. The van der Waals surface area contributed by atoms with Gasteiger partial charge in [-0.25, -0.2) is 24.0 Å². The van der Waals surface area contributed by atoms with Crippen LogP contribution >= 0.6 is 0 Å². The van der Waals surface area contributed by atoms with Gasteiger partial charge in [-0.2, -0.15) is 0 Å². The number of nitrogen functional groups attached to an aromatic ring is 1. The van der Waals surface area contributed by atoms with E-state index in [9.17, 15) is 8.42 Å². The summed E-state index contributed by atoms with van der Waals surface area (Å²) in [4.78, 5) is 4.05. The SMILES string of the molecule is NNc1ccc(S(=O)(=O)NC2CCCC2)cn1. The van der Waals surface area contributed by atoms with Crippen molar-refractivity contribution in [2.75, 3.05) is 5.43 Å². The van der Waals surface area contributed by atoms with Crippen LogP contribution in [0.3, 0.4) is 0 Å². The van der Waals surface area contributed by atoms with E-state index in [4.69, 9.17) is 5.84 Å². The second kappa shape index (κ2) is 4.99. The molecule has 0 bridgehead atoms. The molecule has 0 aliphatic heterocycles. The predicted molar refractivity (Wildman–Crippen MR) is 64.6 cm³/mol. The molecule has 0 spiro atoms. The summed E-state index contributed by atoms with van der Waals surface area (Å²) >= 11 is 0. The topological polar surface area (TPSA) is 97.1 Å². The zero-order valence-corrected chi connectivity index (χ0v) is 10.2. The zero-order chi connectivity index (χ0) is 12.3. The average molecular weight is 256 g/mol. The van der Waals surface area contributed by atoms with Crippen LogP contribution in [-0.4, -0.2) is 19.4 Å². The van der Waals surface area contributed by atoms with Crippen molar-refractivity contribution in [1.82, 2.24) is 9.71 Å². The molecule has 6 nitrogen and oxygen atoms in total. The molecule has 0 radical (unpaired) electrons. The molecule has 0 amide bonds. The van der Waals surface area contributed by atoms with E-state index in [0.717, 1.165) is 25.7 Å². The summed E-state index contributed by atoms with van der Waals surface area (Å²) in [5.41, 5.74) is 2.35. The number of nitrogens with two attached hydrogens (primary N) is 1. The standard InChI is InChI=1S/C10H16N4O2S/c11-13-10-6-5-9(7-12-10)17(15,16)14-8-3-1-2-4-8/h5-8,14H,1-4,11H2,(H,12,13). The number of anilines is 1. The van der Waals surface area contributed by atoms with Gasteiger partial charge in [0.1, 0.15) is 10.7 Å². The van der Waals surface area contributed by atoms with E-state index in [1.54, 1.807) is 0 Å². The Labute approximate surface area is 101 Å². The number of rotatable bonds is 4. The van der Waals surface area contributed by atoms with Crippen molar-refractivity contribution in [2.24, 2.45) is 5.84 Å².